The molecular weight excluding hydrogens is 330 g/mol. The smallest absolute Gasteiger partial charge is 0.221 e. The van der Waals surface area contributed by atoms with Crippen molar-refractivity contribution in [3.05, 3.63) is 101 Å². The highest BCUT2D eigenvalue weighted by atomic mass is 35.5. The first kappa shape index (κ1) is 17.0. The van der Waals surface area contributed by atoms with E-state index in [1.165, 1.54) is 6.92 Å². The van der Waals surface area contributed by atoms with Gasteiger partial charge in [0.05, 0.1) is 5.69 Å². The Bertz CT molecular complexity index is 902. The third kappa shape index (κ3) is 4.37. The van der Waals surface area contributed by atoms with Gasteiger partial charge in [0.15, 0.2) is 0 Å². The quantitative estimate of drug-likeness (QED) is 0.586. The van der Waals surface area contributed by atoms with E-state index in [0.717, 1.165) is 22.3 Å². The molecule has 1 amide bonds. The summed E-state index contributed by atoms with van der Waals surface area (Å²) >= 11 is 6.14. The second-order valence-corrected chi connectivity index (χ2v) is 6.14. The Labute approximate surface area is 152 Å². The van der Waals surface area contributed by atoms with Gasteiger partial charge in [0.2, 0.25) is 5.91 Å². The first-order valence-electron chi connectivity index (χ1n) is 8.03. The first-order valence-corrected chi connectivity index (χ1v) is 8.41. The summed E-state index contributed by atoms with van der Waals surface area (Å²) in [7, 11) is 0. The molecule has 124 valence electrons. The molecule has 0 aliphatic heterocycles. The van der Waals surface area contributed by atoms with Crippen LogP contribution in [0, 0.1) is 0 Å². The van der Waals surface area contributed by atoms with Crippen LogP contribution >= 0.6 is 11.6 Å². The molecule has 3 aromatic carbocycles. The minimum Gasteiger partial charge on any atom is -0.326 e. The first-order chi connectivity index (χ1) is 12.1. The topological polar surface area (TPSA) is 29.1 Å². The minimum absolute atomic E-state index is 0.129. The van der Waals surface area contributed by atoms with Crippen molar-refractivity contribution in [2.45, 2.75) is 6.92 Å². The van der Waals surface area contributed by atoms with Gasteiger partial charge in [-0.15, -0.1) is 0 Å². The van der Waals surface area contributed by atoms with Gasteiger partial charge in [0, 0.05) is 17.5 Å². The fourth-order valence-corrected chi connectivity index (χ4v) is 2.87. The molecular formula is C22H18ClNO. The van der Waals surface area contributed by atoms with Crippen molar-refractivity contribution in [3.8, 4) is 0 Å². The third-order valence-electron chi connectivity index (χ3n) is 3.78. The maximum absolute atomic E-state index is 11.6. The fourth-order valence-electron chi connectivity index (χ4n) is 2.69. The standard InChI is InChI=1S/C22H18ClNO/c1-16(25)24-22-15-19(23)12-13-20(22)21(18-10-6-3-7-11-18)14-17-8-4-2-5-9-17/h2-15H,1H3,(H,24,25)/b21-14+. The molecule has 0 aliphatic carbocycles. The number of carbonyl (C=O) groups is 1. The van der Waals surface area contributed by atoms with Crippen LogP contribution in [0.25, 0.3) is 11.6 Å². The highest BCUT2D eigenvalue weighted by Crippen LogP contribution is 2.33. The van der Waals surface area contributed by atoms with E-state index >= 15 is 0 Å². The number of carbonyl (C=O) groups excluding carboxylic acids is 1. The molecule has 2 nitrogen and oxygen atoms in total. The zero-order valence-corrected chi connectivity index (χ0v) is 14.6. The monoisotopic (exact) mass is 347 g/mol. The van der Waals surface area contributed by atoms with E-state index in [9.17, 15) is 4.79 Å². The van der Waals surface area contributed by atoms with Gasteiger partial charge < -0.3 is 5.32 Å². The second-order valence-electron chi connectivity index (χ2n) is 5.71. The summed E-state index contributed by atoms with van der Waals surface area (Å²) in [6, 6.07) is 25.8. The average Bonchev–Trinajstić information content (AvgIpc) is 2.61. The molecule has 0 spiro atoms. The van der Waals surface area contributed by atoms with Crippen molar-refractivity contribution in [1.82, 2.24) is 0 Å². The SMILES string of the molecule is CC(=O)Nc1cc(Cl)ccc1/C(=C/c1ccccc1)c1ccccc1. The van der Waals surface area contributed by atoms with Gasteiger partial charge >= 0.3 is 0 Å². The van der Waals surface area contributed by atoms with Gasteiger partial charge in [0.25, 0.3) is 0 Å². The highest BCUT2D eigenvalue weighted by Gasteiger charge is 2.12. The van der Waals surface area contributed by atoms with Crippen molar-refractivity contribution in [2.24, 2.45) is 0 Å². The van der Waals surface area contributed by atoms with Crippen LogP contribution < -0.4 is 5.32 Å². The molecule has 0 saturated carbocycles. The lowest BCUT2D eigenvalue weighted by Crippen LogP contribution is -2.08. The zero-order chi connectivity index (χ0) is 17.6. The lowest BCUT2D eigenvalue weighted by molar-refractivity contribution is -0.114. The molecule has 0 unspecified atom stereocenters. The molecule has 0 bridgehead atoms. The minimum atomic E-state index is -0.129. The van der Waals surface area contributed by atoms with Gasteiger partial charge in [-0.25, -0.2) is 0 Å². The van der Waals surface area contributed by atoms with Gasteiger partial charge in [-0.2, -0.15) is 0 Å². The molecule has 3 aromatic rings. The summed E-state index contributed by atoms with van der Waals surface area (Å²) in [4.78, 5) is 11.6. The van der Waals surface area contributed by atoms with Crippen LogP contribution in [0.4, 0.5) is 5.69 Å². The van der Waals surface area contributed by atoms with Crippen molar-refractivity contribution < 1.29 is 4.79 Å². The van der Waals surface area contributed by atoms with Crippen LogP contribution in [0.1, 0.15) is 23.6 Å². The lowest BCUT2D eigenvalue weighted by atomic mass is 9.94. The van der Waals surface area contributed by atoms with Crippen LogP contribution in [0.3, 0.4) is 0 Å². The maximum Gasteiger partial charge on any atom is 0.221 e. The average molecular weight is 348 g/mol. The third-order valence-corrected chi connectivity index (χ3v) is 4.01. The molecule has 0 aliphatic rings. The molecule has 3 heteroatoms. The van der Waals surface area contributed by atoms with E-state index in [-0.39, 0.29) is 5.91 Å². The summed E-state index contributed by atoms with van der Waals surface area (Å²) in [5.74, 6) is -0.129. The number of benzene rings is 3. The number of hydrogen-bond acceptors (Lipinski definition) is 1. The zero-order valence-electron chi connectivity index (χ0n) is 13.9. The Morgan fingerprint density at radius 1 is 0.920 bits per heavy atom. The van der Waals surface area contributed by atoms with Crippen LogP contribution in [0.5, 0.6) is 0 Å². The van der Waals surface area contributed by atoms with E-state index in [2.05, 4.69) is 35.7 Å². The van der Waals surface area contributed by atoms with Crippen LogP contribution in [0.2, 0.25) is 5.02 Å². The van der Waals surface area contributed by atoms with Crippen LogP contribution in [-0.2, 0) is 4.79 Å². The van der Waals surface area contributed by atoms with Gasteiger partial charge in [-0.3, -0.25) is 4.79 Å². The molecule has 1 N–H and O–H groups in total. The number of amides is 1. The summed E-state index contributed by atoms with van der Waals surface area (Å²) in [6.45, 7) is 1.49. The molecule has 0 saturated heterocycles. The normalized spacial score (nSPS) is 11.2. The molecule has 3 rings (SSSR count). The van der Waals surface area contributed by atoms with Gasteiger partial charge in [-0.1, -0.05) is 78.3 Å². The summed E-state index contributed by atoms with van der Waals surface area (Å²) < 4.78 is 0. The van der Waals surface area contributed by atoms with Crippen LogP contribution in [0.15, 0.2) is 78.9 Å². The van der Waals surface area contributed by atoms with Crippen molar-refractivity contribution >= 4 is 34.8 Å². The molecule has 25 heavy (non-hydrogen) atoms. The van der Waals surface area contributed by atoms with E-state index in [4.69, 9.17) is 11.6 Å². The molecule has 0 radical (unpaired) electrons. The number of halogens is 1. The Kier molecular flexibility index (Phi) is 5.32. The number of hydrogen-bond donors (Lipinski definition) is 1. The van der Waals surface area contributed by atoms with Crippen molar-refractivity contribution in [1.29, 1.82) is 0 Å². The van der Waals surface area contributed by atoms with E-state index in [1.807, 2.05) is 48.5 Å². The Morgan fingerprint density at radius 3 is 2.20 bits per heavy atom. The molecule has 0 atom stereocenters. The van der Waals surface area contributed by atoms with E-state index in [1.54, 1.807) is 6.07 Å². The summed E-state index contributed by atoms with van der Waals surface area (Å²) in [5, 5.41) is 3.47. The fraction of sp³-hybridized carbons (Fsp3) is 0.0455. The maximum atomic E-state index is 11.6. The lowest BCUT2D eigenvalue weighted by Gasteiger charge is -2.15. The number of anilines is 1. The van der Waals surface area contributed by atoms with E-state index in [0.29, 0.717) is 10.7 Å². The predicted molar refractivity (Wildman–Crippen MR) is 106 cm³/mol. The van der Waals surface area contributed by atoms with Gasteiger partial charge in [-0.05, 0) is 34.9 Å². The summed E-state index contributed by atoms with van der Waals surface area (Å²) in [6.07, 6.45) is 2.11. The molecule has 0 heterocycles. The van der Waals surface area contributed by atoms with Gasteiger partial charge in [0.1, 0.15) is 0 Å². The molecule has 0 aromatic heterocycles. The molecule has 0 fully saturated rings. The summed E-state index contributed by atoms with van der Waals surface area (Å²) in [5.41, 5.74) is 4.80. The Morgan fingerprint density at radius 2 is 1.56 bits per heavy atom. The van der Waals surface area contributed by atoms with Crippen molar-refractivity contribution in [3.63, 3.8) is 0 Å². The Balaban J connectivity index is 2.19. The predicted octanol–water partition coefficient (Wildman–Crippen LogP) is 5.89. The number of nitrogens with one attached hydrogen (secondary N) is 1. The Hall–Kier alpha value is -2.84. The largest absolute Gasteiger partial charge is 0.326 e. The second kappa shape index (κ2) is 7.82. The number of rotatable bonds is 4. The highest BCUT2D eigenvalue weighted by molar-refractivity contribution is 6.31. The van der Waals surface area contributed by atoms with E-state index < -0.39 is 0 Å². The van der Waals surface area contributed by atoms with Crippen molar-refractivity contribution in [2.75, 3.05) is 5.32 Å². The van der Waals surface area contributed by atoms with Crippen LogP contribution in [-0.4, -0.2) is 5.91 Å².